The lowest BCUT2D eigenvalue weighted by atomic mass is 9.97. The first-order chi connectivity index (χ1) is 10.0. The van der Waals surface area contributed by atoms with Crippen LogP contribution in [0, 0.1) is 5.92 Å². The lowest BCUT2D eigenvalue weighted by molar-refractivity contribution is 0.0184. The smallest absolute Gasteiger partial charge is 0.245 e. The van der Waals surface area contributed by atoms with Gasteiger partial charge in [-0.1, -0.05) is 19.1 Å². The third-order valence-electron chi connectivity index (χ3n) is 4.03. The summed E-state index contributed by atoms with van der Waals surface area (Å²) in [7, 11) is -1.85. The fraction of sp³-hybridized carbons (Fsp3) is 0.600. The fourth-order valence-corrected chi connectivity index (χ4v) is 4.33. The van der Waals surface area contributed by atoms with Crippen LogP contribution in [0.15, 0.2) is 29.2 Å². The standard InChI is InChI=1S/C15H24N2O3S/c1-4-16-13-7-5-6-8-15(13)21(18,19)17-10-9-12(2)14(11-17)20-3/h5-8,12,14,16H,4,9-11H2,1-3H3. The van der Waals surface area contributed by atoms with E-state index in [0.29, 0.717) is 36.1 Å². The molecule has 0 bridgehead atoms. The van der Waals surface area contributed by atoms with Crippen LogP contribution in [0.5, 0.6) is 0 Å². The van der Waals surface area contributed by atoms with Gasteiger partial charge in [0.15, 0.2) is 0 Å². The van der Waals surface area contributed by atoms with E-state index in [0.717, 1.165) is 6.42 Å². The average molecular weight is 312 g/mol. The molecule has 2 rings (SSSR count). The number of nitrogens with zero attached hydrogens (tertiary/aromatic N) is 1. The van der Waals surface area contributed by atoms with E-state index in [9.17, 15) is 8.42 Å². The highest BCUT2D eigenvalue weighted by Gasteiger charge is 2.34. The molecule has 2 atom stereocenters. The van der Waals surface area contributed by atoms with E-state index in [1.807, 2.05) is 13.0 Å². The lowest BCUT2D eigenvalue weighted by Crippen LogP contribution is -2.46. The molecule has 1 N–H and O–H groups in total. The maximum atomic E-state index is 12.9. The number of nitrogens with one attached hydrogen (secondary N) is 1. The molecule has 5 nitrogen and oxygen atoms in total. The third-order valence-corrected chi connectivity index (χ3v) is 5.95. The summed E-state index contributed by atoms with van der Waals surface area (Å²) in [6, 6.07) is 7.06. The second kappa shape index (κ2) is 6.77. The molecule has 0 aliphatic carbocycles. The van der Waals surface area contributed by atoms with Crippen LogP contribution in [-0.2, 0) is 14.8 Å². The lowest BCUT2D eigenvalue weighted by Gasteiger charge is -2.35. The van der Waals surface area contributed by atoms with Crippen molar-refractivity contribution in [1.82, 2.24) is 4.31 Å². The molecular weight excluding hydrogens is 288 g/mol. The van der Waals surface area contributed by atoms with Crippen molar-refractivity contribution in [1.29, 1.82) is 0 Å². The molecule has 1 aromatic carbocycles. The molecule has 1 fully saturated rings. The SMILES string of the molecule is CCNc1ccccc1S(=O)(=O)N1CCC(C)C(OC)C1. The molecule has 1 aliphatic rings. The van der Waals surface area contributed by atoms with Crippen LogP contribution in [-0.4, -0.2) is 45.6 Å². The summed E-state index contributed by atoms with van der Waals surface area (Å²) in [5.74, 6) is 0.380. The van der Waals surface area contributed by atoms with Crippen LogP contribution in [0.1, 0.15) is 20.3 Å². The van der Waals surface area contributed by atoms with Gasteiger partial charge in [0.2, 0.25) is 10.0 Å². The Morgan fingerprint density at radius 1 is 1.38 bits per heavy atom. The minimum absolute atomic E-state index is 0.0418. The molecular formula is C15H24N2O3S. The fourth-order valence-electron chi connectivity index (χ4n) is 2.70. The zero-order valence-electron chi connectivity index (χ0n) is 12.9. The first-order valence-corrected chi connectivity index (χ1v) is 8.80. The Hall–Kier alpha value is -1.11. The van der Waals surface area contributed by atoms with E-state index < -0.39 is 10.0 Å². The molecule has 0 amide bonds. The molecule has 0 saturated carbocycles. The molecule has 0 aromatic heterocycles. The molecule has 1 heterocycles. The summed E-state index contributed by atoms with van der Waals surface area (Å²) >= 11 is 0. The van der Waals surface area contributed by atoms with Gasteiger partial charge in [-0.2, -0.15) is 4.31 Å². The quantitative estimate of drug-likeness (QED) is 0.905. The van der Waals surface area contributed by atoms with Crippen LogP contribution in [0.25, 0.3) is 0 Å². The number of hydrogen-bond acceptors (Lipinski definition) is 4. The Balaban J connectivity index is 2.30. The number of methoxy groups -OCH3 is 1. The van der Waals surface area contributed by atoms with Gasteiger partial charge in [0.25, 0.3) is 0 Å². The maximum Gasteiger partial charge on any atom is 0.245 e. The normalized spacial score (nSPS) is 24.0. The van der Waals surface area contributed by atoms with Crippen LogP contribution in [0.3, 0.4) is 0 Å². The maximum absolute atomic E-state index is 12.9. The van der Waals surface area contributed by atoms with Gasteiger partial charge in [0.05, 0.1) is 11.8 Å². The zero-order valence-corrected chi connectivity index (χ0v) is 13.7. The van der Waals surface area contributed by atoms with Crippen LogP contribution >= 0.6 is 0 Å². The first kappa shape index (κ1) is 16.3. The van der Waals surface area contributed by atoms with E-state index in [1.165, 1.54) is 4.31 Å². The molecule has 1 saturated heterocycles. The van der Waals surface area contributed by atoms with Crippen LogP contribution in [0.2, 0.25) is 0 Å². The number of hydrogen-bond donors (Lipinski definition) is 1. The second-order valence-electron chi connectivity index (χ2n) is 5.43. The highest BCUT2D eigenvalue weighted by Crippen LogP contribution is 2.28. The number of anilines is 1. The Labute approximate surface area is 127 Å². The Bertz CT molecular complexity index is 574. The van der Waals surface area contributed by atoms with Crippen molar-refractivity contribution in [2.24, 2.45) is 5.92 Å². The van der Waals surface area contributed by atoms with E-state index in [4.69, 9.17) is 4.74 Å². The van der Waals surface area contributed by atoms with E-state index in [2.05, 4.69) is 12.2 Å². The molecule has 1 aromatic rings. The first-order valence-electron chi connectivity index (χ1n) is 7.36. The Morgan fingerprint density at radius 3 is 2.76 bits per heavy atom. The largest absolute Gasteiger partial charge is 0.384 e. The zero-order chi connectivity index (χ0) is 15.5. The Morgan fingerprint density at radius 2 is 2.10 bits per heavy atom. The van der Waals surface area contributed by atoms with Gasteiger partial charge < -0.3 is 10.1 Å². The van der Waals surface area contributed by atoms with Crippen LogP contribution < -0.4 is 5.32 Å². The van der Waals surface area contributed by atoms with Gasteiger partial charge >= 0.3 is 0 Å². The number of ether oxygens (including phenoxy) is 1. The molecule has 1 aliphatic heterocycles. The van der Waals surface area contributed by atoms with Crippen molar-refractivity contribution in [2.75, 3.05) is 32.1 Å². The van der Waals surface area contributed by atoms with Crippen molar-refractivity contribution in [2.45, 2.75) is 31.3 Å². The molecule has 2 unspecified atom stereocenters. The van der Waals surface area contributed by atoms with Gasteiger partial charge in [0, 0.05) is 26.7 Å². The van der Waals surface area contributed by atoms with E-state index in [-0.39, 0.29) is 6.10 Å². The minimum Gasteiger partial charge on any atom is -0.384 e. The van der Waals surface area contributed by atoms with Crippen LogP contribution in [0.4, 0.5) is 5.69 Å². The third kappa shape index (κ3) is 3.39. The molecule has 118 valence electrons. The summed E-state index contributed by atoms with van der Waals surface area (Å²) in [6.45, 7) is 5.70. The summed E-state index contributed by atoms with van der Waals surface area (Å²) in [4.78, 5) is 0.344. The number of para-hydroxylation sites is 1. The van der Waals surface area contributed by atoms with E-state index in [1.54, 1.807) is 25.3 Å². The van der Waals surface area contributed by atoms with Crippen molar-refractivity contribution >= 4 is 15.7 Å². The van der Waals surface area contributed by atoms with Gasteiger partial charge in [-0.25, -0.2) is 8.42 Å². The van der Waals surface area contributed by atoms with Crippen molar-refractivity contribution < 1.29 is 13.2 Å². The molecule has 0 spiro atoms. The minimum atomic E-state index is -3.49. The summed E-state index contributed by atoms with van der Waals surface area (Å²) in [5, 5.41) is 3.12. The monoisotopic (exact) mass is 312 g/mol. The number of rotatable bonds is 5. The van der Waals surface area contributed by atoms with Gasteiger partial charge in [-0.3, -0.25) is 0 Å². The van der Waals surface area contributed by atoms with Crippen molar-refractivity contribution in [3.8, 4) is 0 Å². The summed E-state index contributed by atoms with van der Waals surface area (Å²) < 4.78 is 32.7. The predicted octanol–water partition coefficient (Wildman–Crippen LogP) is 2.16. The van der Waals surface area contributed by atoms with Crippen molar-refractivity contribution in [3.05, 3.63) is 24.3 Å². The van der Waals surface area contributed by atoms with Gasteiger partial charge in [-0.15, -0.1) is 0 Å². The highest BCUT2D eigenvalue weighted by atomic mass is 32.2. The second-order valence-corrected chi connectivity index (χ2v) is 7.34. The molecule has 0 radical (unpaired) electrons. The number of sulfonamides is 1. The number of piperidine rings is 1. The van der Waals surface area contributed by atoms with Gasteiger partial charge in [0.1, 0.15) is 4.90 Å². The number of benzene rings is 1. The predicted molar refractivity (Wildman–Crippen MR) is 83.9 cm³/mol. The van der Waals surface area contributed by atoms with Crippen molar-refractivity contribution in [3.63, 3.8) is 0 Å². The van der Waals surface area contributed by atoms with Gasteiger partial charge in [-0.05, 0) is 31.4 Å². The topological polar surface area (TPSA) is 58.6 Å². The summed E-state index contributed by atoms with van der Waals surface area (Å²) in [6.07, 6.45) is 0.779. The summed E-state index contributed by atoms with van der Waals surface area (Å²) in [5.41, 5.74) is 0.660. The molecule has 6 heteroatoms. The average Bonchev–Trinajstić information content (AvgIpc) is 2.48. The highest BCUT2D eigenvalue weighted by molar-refractivity contribution is 7.89. The van der Waals surface area contributed by atoms with E-state index >= 15 is 0 Å². The Kier molecular flexibility index (Phi) is 5.24. The molecule has 21 heavy (non-hydrogen) atoms.